The van der Waals surface area contributed by atoms with E-state index in [0.29, 0.717) is 47.7 Å². The van der Waals surface area contributed by atoms with E-state index < -0.39 is 0 Å². The van der Waals surface area contributed by atoms with Crippen molar-refractivity contribution < 1.29 is 0 Å². The zero-order valence-corrected chi connectivity index (χ0v) is 29.9. The fourth-order valence-corrected chi connectivity index (χ4v) is 11.1. The van der Waals surface area contributed by atoms with E-state index in [2.05, 4.69) is 156 Å². The summed E-state index contributed by atoms with van der Waals surface area (Å²) in [4.78, 5) is 2.99. The summed E-state index contributed by atoms with van der Waals surface area (Å²) in [5, 5.41) is 1.39. The van der Waals surface area contributed by atoms with E-state index in [4.69, 9.17) is 0 Å². The minimum Gasteiger partial charge on any atom is -0.313 e. The van der Waals surface area contributed by atoms with Gasteiger partial charge in [0.15, 0.2) is 0 Å². The Morgan fingerprint density at radius 1 is 0.686 bits per heavy atom. The molecule has 7 aliphatic rings. The van der Waals surface area contributed by atoms with Gasteiger partial charge in [0.1, 0.15) is 0 Å². The summed E-state index contributed by atoms with van der Waals surface area (Å²) in [5.74, 6) is 2.54. The molecule has 0 radical (unpaired) electrons. The predicted molar refractivity (Wildman–Crippen MR) is 215 cm³/mol. The first kappa shape index (κ1) is 31.3. The second-order valence-electron chi connectivity index (χ2n) is 16.1. The first-order valence-electron chi connectivity index (χ1n) is 19.9. The van der Waals surface area contributed by atoms with Crippen LogP contribution < -0.4 is 0 Å². The van der Waals surface area contributed by atoms with Crippen molar-refractivity contribution >= 4 is 28.2 Å². The third-order valence-electron chi connectivity index (χ3n) is 13.3. The number of allylic oxidation sites excluding steroid dienone is 13. The Morgan fingerprint density at radius 3 is 2.43 bits per heavy atom. The van der Waals surface area contributed by atoms with Crippen LogP contribution in [0.2, 0.25) is 0 Å². The Balaban J connectivity index is 1.03. The molecular weight excluding hydrogens is 617 g/mol. The van der Waals surface area contributed by atoms with E-state index >= 15 is 0 Å². The van der Waals surface area contributed by atoms with Crippen LogP contribution in [0.1, 0.15) is 81.0 Å². The van der Waals surface area contributed by atoms with Crippen molar-refractivity contribution in [2.45, 2.75) is 82.3 Å². The van der Waals surface area contributed by atoms with Crippen LogP contribution in [0.25, 0.3) is 28.2 Å². The third kappa shape index (κ3) is 5.32. The van der Waals surface area contributed by atoms with E-state index in [0.717, 1.165) is 25.7 Å². The number of hydrogen-bond acceptors (Lipinski definition) is 1. The van der Waals surface area contributed by atoms with Gasteiger partial charge in [-0.05, 0) is 86.1 Å². The molecule has 0 spiro atoms. The summed E-state index contributed by atoms with van der Waals surface area (Å²) in [6.07, 6.45) is 44.2. The average molecular weight is 667 g/mol. The van der Waals surface area contributed by atoms with Crippen molar-refractivity contribution in [3.63, 3.8) is 0 Å². The lowest BCUT2D eigenvalue weighted by molar-refractivity contribution is 0.120. The molecule has 0 amide bonds. The molecule has 1 saturated heterocycles. The molecule has 1 aromatic heterocycles. The van der Waals surface area contributed by atoms with Crippen LogP contribution in [0.15, 0.2) is 145 Å². The molecule has 2 heteroatoms. The van der Waals surface area contributed by atoms with Gasteiger partial charge in [-0.3, -0.25) is 4.90 Å². The quantitative estimate of drug-likeness (QED) is 0.246. The smallest absolute Gasteiger partial charge is 0.0537 e. The molecule has 1 aliphatic heterocycles. The average Bonchev–Trinajstić information content (AvgIpc) is 3.71. The van der Waals surface area contributed by atoms with Crippen molar-refractivity contribution in [2.24, 2.45) is 23.7 Å². The molecule has 0 saturated carbocycles. The van der Waals surface area contributed by atoms with Crippen LogP contribution in [0.3, 0.4) is 0 Å². The lowest BCUT2D eigenvalue weighted by Crippen LogP contribution is -2.46. The Labute approximate surface area is 304 Å². The van der Waals surface area contributed by atoms with Crippen LogP contribution in [-0.4, -0.2) is 27.6 Å². The van der Waals surface area contributed by atoms with Crippen molar-refractivity contribution in [2.75, 3.05) is 0 Å². The summed E-state index contributed by atoms with van der Waals surface area (Å²) >= 11 is 0. The van der Waals surface area contributed by atoms with Gasteiger partial charge in [-0.25, -0.2) is 0 Å². The number of aromatic nitrogens is 1. The molecule has 2 aromatic carbocycles. The monoisotopic (exact) mass is 666 g/mol. The van der Waals surface area contributed by atoms with Crippen molar-refractivity contribution in [1.82, 2.24) is 9.47 Å². The molecule has 6 aliphatic carbocycles. The van der Waals surface area contributed by atoms with Gasteiger partial charge in [0.25, 0.3) is 0 Å². The summed E-state index contributed by atoms with van der Waals surface area (Å²) in [6, 6.07) is 21.8. The first-order valence-corrected chi connectivity index (χ1v) is 19.9. The third-order valence-corrected chi connectivity index (χ3v) is 13.3. The highest BCUT2D eigenvalue weighted by Crippen LogP contribution is 2.53. The molecule has 7 unspecified atom stereocenters. The Kier molecular flexibility index (Phi) is 7.98. The summed E-state index contributed by atoms with van der Waals surface area (Å²) in [7, 11) is 0. The predicted octanol–water partition coefficient (Wildman–Crippen LogP) is 11.8. The second-order valence-corrected chi connectivity index (χ2v) is 16.1. The largest absolute Gasteiger partial charge is 0.313 e. The molecule has 2 heterocycles. The number of nitrogens with zero attached hydrogens (tertiary/aromatic N) is 2. The van der Waals surface area contributed by atoms with Gasteiger partial charge in [-0.2, -0.15) is 0 Å². The topological polar surface area (TPSA) is 8.17 Å². The van der Waals surface area contributed by atoms with E-state index in [1.54, 1.807) is 5.57 Å². The zero-order chi connectivity index (χ0) is 33.9. The molecule has 0 N–H and O–H groups in total. The van der Waals surface area contributed by atoms with Gasteiger partial charge in [0.05, 0.1) is 5.52 Å². The highest BCUT2D eigenvalue weighted by Gasteiger charge is 2.52. The fourth-order valence-electron chi connectivity index (χ4n) is 11.1. The fraction of sp³-hybridized carbons (Fsp3) is 0.347. The van der Waals surface area contributed by atoms with Crippen molar-refractivity contribution in [3.8, 4) is 0 Å². The second kappa shape index (κ2) is 13.0. The maximum Gasteiger partial charge on any atom is 0.0537 e. The van der Waals surface area contributed by atoms with Gasteiger partial charge in [0.2, 0.25) is 0 Å². The highest BCUT2D eigenvalue weighted by molar-refractivity contribution is 5.95. The summed E-state index contributed by atoms with van der Waals surface area (Å²) < 4.78 is 2.67. The maximum absolute atomic E-state index is 2.99. The number of likely N-dealkylation sites (tertiary alicyclic amines) is 1. The summed E-state index contributed by atoms with van der Waals surface area (Å²) in [5.41, 5.74) is 11.5. The number of fused-ring (bicyclic) bond motifs is 6. The van der Waals surface area contributed by atoms with Crippen LogP contribution in [-0.2, 0) is 0 Å². The standard InChI is InChI=1S/C49H50N2/c1-33-30-48-45(41-21-9-10-24-46(41)50(48)38-28-26-36(27-29-38)34-14-4-2-5-15-34)32-44(33)43-23-13-22-42-40-20-8-11-25-47(40)51(49(42)43)39-19-12-18-37(31-39)35-16-6-3-7-17-35/h2,4-6,8-9,11-17,19-22,25-28,31-33,37-38,41,43,45-46,48H,3,7,10,18,23-24,29-30H2,1H3/t33-,37?,38?,41?,43?,45?,46?,48?/m0/s1. The lowest BCUT2D eigenvalue weighted by Gasteiger charge is -2.42. The van der Waals surface area contributed by atoms with Gasteiger partial charge < -0.3 is 4.57 Å². The van der Waals surface area contributed by atoms with Gasteiger partial charge in [-0.15, -0.1) is 0 Å². The maximum atomic E-state index is 2.99. The van der Waals surface area contributed by atoms with E-state index in [-0.39, 0.29) is 0 Å². The van der Waals surface area contributed by atoms with Crippen LogP contribution in [0, 0.1) is 23.7 Å². The van der Waals surface area contributed by atoms with Crippen LogP contribution in [0.5, 0.6) is 0 Å². The molecular formula is C49H50N2. The Morgan fingerprint density at radius 2 is 1.57 bits per heavy atom. The van der Waals surface area contributed by atoms with Gasteiger partial charge >= 0.3 is 0 Å². The lowest BCUT2D eigenvalue weighted by atomic mass is 9.69. The number of hydrogen-bond donors (Lipinski definition) is 0. The van der Waals surface area contributed by atoms with Crippen LogP contribution >= 0.6 is 0 Å². The number of benzene rings is 2. The molecule has 8 atom stereocenters. The highest BCUT2D eigenvalue weighted by atomic mass is 15.3. The molecule has 10 rings (SSSR count). The van der Waals surface area contributed by atoms with E-state index in [1.807, 2.05) is 0 Å². The van der Waals surface area contributed by atoms with Crippen LogP contribution in [0.4, 0.5) is 0 Å². The Hall–Kier alpha value is -4.40. The van der Waals surface area contributed by atoms with Gasteiger partial charge in [0, 0.05) is 64.1 Å². The minimum absolute atomic E-state index is 0.392. The molecule has 1 fully saturated rings. The number of rotatable bonds is 5. The van der Waals surface area contributed by atoms with E-state index in [1.165, 1.54) is 70.3 Å². The molecule has 0 bridgehead atoms. The molecule has 3 aromatic rings. The SMILES string of the molecule is C[C@H]1CC2C(C=C1C1CC=Cc3c1n(C1=CC(C4=CCCC=C4)CC=C1)c1ccccc31)C1C=CCCC1N2C1C=CC(c2ccccc2)=CC1. The summed E-state index contributed by atoms with van der Waals surface area (Å²) in [6.45, 7) is 2.55. The van der Waals surface area contributed by atoms with Crippen molar-refractivity contribution in [3.05, 3.63) is 162 Å². The normalized spacial score (nSPS) is 32.6. The molecule has 256 valence electrons. The molecule has 2 nitrogen and oxygen atoms in total. The zero-order valence-electron chi connectivity index (χ0n) is 29.9. The number of para-hydroxylation sites is 1. The van der Waals surface area contributed by atoms with Gasteiger partial charge in [-0.1, -0.05) is 140 Å². The van der Waals surface area contributed by atoms with E-state index in [9.17, 15) is 0 Å². The molecule has 51 heavy (non-hydrogen) atoms. The Bertz CT molecular complexity index is 2120. The first-order chi connectivity index (χ1) is 25.2. The minimum atomic E-state index is 0.392. The van der Waals surface area contributed by atoms with Crippen molar-refractivity contribution in [1.29, 1.82) is 0 Å².